The van der Waals surface area contributed by atoms with Gasteiger partial charge in [0.05, 0.1) is 22.9 Å². The molecule has 5 rings (SSSR count). The molecule has 10 nitrogen and oxygen atoms in total. The summed E-state index contributed by atoms with van der Waals surface area (Å²) in [6, 6.07) is 9.73. The fourth-order valence-corrected chi connectivity index (χ4v) is 5.73. The third-order valence-electron chi connectivity index (χ3n) is 6.13. The van der Waals surface area contributed by atoms with Gasteiger partial charge in [-0.25, -0.2) is 13.4 Å². The number of ether oxygens (including phenoxy) is 3. The van der Waals surface area contributed by atoms with Crippen LogP contribution in [0.5, 0.6) is 17.2 Å². The standard InChI is InChI=1S/C24H26N4O6S/c1-3-8-28-23(29)19-15-21-22(34-14-13-33-21)16-20(19)25-24(28)26-9-11-27(12-10-26)35(30,31)18-6-4-17(32-2)5-7-18/h3-7,15-16H,1,8-14H2,2H3. The number of nitrogens with zero attached hydrogens (tertiary/aromatic N) is 4. The first-order valence-corrected chi connectivity index (χ1v) is 12.7. The summed E-state index contributed by atoms with van der Waals surface area (Å²) in [5.41, 5.74) is 0.290. The van der Waals surface area contributed by atoms with Gasteiger partial charge in [-0.1, -0.05) is 6.08 Å². The maximum atomic E-state index is 13.4. The first-order valence-electron chi connectivity index (χ1n) is 11.3. The maximum Gasteiger partial charge on any atom is 0.263 e. The molecule has 1 saturated heterocycles. The van der Waals surface area contributed by atoms with E-state index in [0.29, 0.717) is 60.4 Å². The quantitative estimate of drug-likeness (QED) is 0.475. The van der Waals surface area contributed by atoms with Crippen LogP contribution >= 0.6 is 0 Å². The van der Waals surface area contributed by atoms with E-state index in [1.807, 2.05) is 4.90 Å². The Morgan fingerprint density at radius 1 is 1.06 bits per heavy atom. The average molecular weight is 499 g/mol. The van der Waals surface area contributed by atoms with Crippen LogP contribution in [0.15, 0.2) is 58.7 Å². The van der Waals surface area contributed by atoms with Crippen molar-refractivity contribution in [2.24, 2.45) is 0 Å². The molecule has 0 atom stereocenters. The maximum absolute atomic E-state index is 13.4. The monoisotopic (exact) mass is 498 g/mol. The van der Waals surface area contributed by atoms with Gasteiger partial charge in [0.2, 0.25) is 16.0 Å². The van der Waals surface area contributed by atoms with Crippen LogP contribution in [0.4, 0.5) is 5.95 Å². The molecule has 0 amide bonds. The highest BCUT2D eigenvalue weighted by Crippen LogP contribution is 2.33. The van der Waals surface area contributed by atoms with Crippen LogP contribution in [0.25, 0.3) is 10.9 Å². The lowest BCUT2D eigenvalue weighted by atomic mass is 10.2. The average Bonchev–Trinajstić information content (AvgIpc) is 2.89. The molecule has 3 aromatic rings. The molecule has 1 aromatic heterocycles. The van der Waals surface area contributed by atoms with Gasteiger partial charge in [0, 0.05) is 38.8 Å². The van der Waals surface area contributed by atoms with Gasteiger partial charge < -0.3 is 19.1 Å². The van der Waals surface area contributed by atoms with Crippen LogP contribution in [-0.2, 0) is 16.6 Å². The molecule has 0 N–H and O–H groups in total. The predicted molar refractivity (Wildman–Crippen MR) is 131 cm³/mol. The molecule has 2 aliphatic heterocycles. The number of anilines is 1. The molecule has 1 fully saturated rings. The Morgan fingerprint density at radius 2 is 1.71 bits per heavy atom. The molecule has 0 radical (unpaired) electrons. The van der Waals surface area contributed by atoms with Gasteiger partial charge in [-0.2, -0.15) is 4.31 Å². The number of fused-ring (bicyclic) bond motifs is 2. The number of allylic oxidation sites excluding steroid dienone is 1. The van der Waals surface area contributed by atoms with E-state index in [0.717, 1.165) is 0 Å². The lowest BCUT2D eigenvalue weighted by Crippen LogP contribution is -2.50. The molecule has 2 aromatic carbocycles. The highest BCUT2D eigenvalue weighted by Gasteiger charge is 2.30. The van der Waals surface area contributed by atoms with Crippen molar-refractivity contribution < 1.29 is 22.6 Å². The molecule has 11 heteroatoms. The SMILES string of the molecule is C=CCn1c(N2CCN(S(=O)(=O)c3ccc(OC)cc3)CC2)nc2cc3c(cc2c1=O)OCCO3. The summed E-state index contributed by atoms with van der Waals surface area (Å²) < 4.78 is 45.6. The van der Waals surface area contributed by atoms with Crippen LogP contribution in [0.2, 0.25) is 0 Å². The smallest absolute Gasteiger partial charge is 0.263 e. The van der Waals surface area contributed by atoms with Crippen LogP contribution in [0, 0.1) is 0 Å². The highest BCUT2D eigenvalue weighted by molar-refractivity contribution is 7.89. The Balaban J connectivity index is 1.44. The third kappa shape index (κ3) is 4.21. The first kappa shape index (κ1) is 23.2. The zero-order valence-electron chi connectivity index (χ0n) is 19.3. The number of hydrogen-bond donors (Lipinski definition) is 0. The Labute approximate surface area is 203 Å². The van der Waals surface area contributed by atoms with Crippen molar-refractivity contribution in [3.05, 3.63) is 59.4 Å². The second-order valence-corrected chi connectivity index (χ2v) is 10.1. The Bertz CT molecular complexity index is 1430. The normalized spacial score (nSPS) is 16.3. The summed E-state index contributed by atoms with van der Waals surface area (Å²) in [6.07, 6.45) is 1.64. The molecular weight excluding hydrogens is 472 g/mol. The minimum absolute atomic E-state index is 0.213. The van der Waals surface area contributed by atoms with Gasteiger partial charge in [-0.15, -0.1) is 6.58 Å². The number of aromatic nitrogens is 2. The second kappa shape index (κ2) is 9.23. The van der Waals surface area contributed by atoms with E-state index in [-0.39, 0.29) is 30.1 Å². The number of benzene rings is 2. The van der Waals surface area contributed by atoms with Gasteiger partial charge in [0.1, 0.15) is 19.0 Å². The summed E-state index contributed by atoms with van der Waals surface area (Å²) in [5, 5.41) is 0.431. The van der Waals surface area contributed by atoms with Crippen LogP contribution in [0.1, 0.15) is 0 Å². The van der Waals surface area contributed by atoms with E-state index in [1.165, 1.54) is 11.4 Å². The van der Waals surface area contributed by atoms with Crippen molar-refractivity contribution in [2.45, 2.75) is 11.4 Å². The van der Waals surface area contributed by atoms with Crippen LogP contribution in [-0.4, -0.2) is 68.8 Å². The number of hydrogen-bond acceptors (Lipinski definition) is 8. The molecule has 35 heavy (non-hydrogen) atoms. The van der Waals surface area contributed by atoms with Gasteiger partial charge in [-0.3, -0.25) is 9.36 Å². The molecule has 2 aliphatic rings. The zero-order chi connectivity index (χ0) is 24.6. The Kier molecular flexibility index (Phi) is 6.12. The highest BCUT2D eigenvalue weighted by atomic mass is 32.2. The van der Waals surface area contributed by atoms with Crippen molar-refractivity contribution in [3.8, 4) is 17.2 Å². The minimum atomic E-state index is -3.65. The van der Waals surface area contributed by atoms with Gasteiger partial charge >= 0.3 is 0 Å². The Morgan fingerprint density at radius 3 is 2.34 bits per heavy atom. The van der Waals surface area contributed by atoms with Crippen molar-refractivity contribution in [1.29, 1.82) is 0 Å². The lowest BCUT2D eigenvalue weighted by molar-refractivity contribution is 0.172. The van der Waals surface area contributed by atoms with Crippen molar-refractivity contribution in [2.75, 3.05) is 51.4 Å². The summed E-state index contributed by atoms with van der Waals surface area (Å²) in [4.78, 5) is 20.3. The largest absolute Gasteiger partial charge is 0.497 e. The topological polar surface area (TPSA) is 103 Å². The van der Waals surface area contributed by atoms with Gasteiger partial charge in [-0.05, 0) is 30.3 Å². The van der Waals surface area contributed by atoms with E-state index in [2.05, 4.69) is 6.58 Å². The van der Waals surface area contributed by atoms with E-state index in [9.17, 15) is 13.2 Å². The molecule has 0 bridgehead atoms. The number of methoxy groups -OCH3 is 1. The third-order valence-corrected chi connectivity index (χ3v) is 8.04. The number of piperazine rings is 1. The predicted octanol–water partition coefficient (Wildman–Crippen LogP) is 1.87. The van der Waals surface area contributed by atoms with Gasteiger partial charge in [0.25, 0.3) is 5.56 Å². The van der Waals surface area contributed by atoms with E-state index >= 15 is 0 Å². The lowest BCUT2D eigenvalue weighted by Gasteiger charge is -2.35. The van der Waals surface area contributed by atoms with Crippen molar-refractivity contribution in [1.82, 2.24) is 13.9 Å². The molecule has 0 spiro atoms. The van der Waals surface area contributed by atoms with E-state index in [1.54, 1.807) is 47.0 Å². The molecule has 0 unspecified atom stereocenters. The summed E-state index contributed by atoms with van der Waals surface area (Å²) in [6.45, 7) is 6.20. The fourth-order valence-electron chi connectivity index (χ4n) is 4.31. The molecule has 0 aliphatic carbocycles. The number of rotatable bonds is 6. The summed E-state index contributed by atoms with van der Waals surface area (Å²) in [7, 11) is -2.12. The van der Waals surface area contributed by atoms with Crippen molar-refractivity contribution >= 4 is 26.9 Å². The first-order chi connectivity index (χ1) is 16.9. The summed E-state index contributed by atoms with van der Waals surface area (Å²) >= 11 is 0. The minimum Gasteiger partial charge on any atom is -0.497 e. The molecule has 0 saturated carbocycles. The van der Waals surface area contributed by atoms with Gasteiger partial charge in [0.15, 0.2) is 11.5 Å². The zero-order valence-corrected chi connectivity index (χ0v) is 20.2. The second-order valence-electron chi connectivity index (χ2n) is 8.20. The van der Waals surface area contributed by atoms with Crippen molar-refractivity contribution in [3.63, 3.8) is 0 Å². The fraction of sp³-hybridized carbons (Fsp3) is 0.333. The Hall–Kier alpha value is -3.57. The van der Waals surface area contributed by atoms with E-state index in [4.69, 9.17) is 19.2 Å². The number of sulfonamides is 1. The van der Waals surface area contributed by atoms with E-state index < -0.39 is 10.0 Å². The molecule has 184 valence electrons. The van der Waals surface area contributed by atoms with Crippen LogP contribution in [0.3, 0.4) is 0 Å². The molecular formula is C24H26N4O6S. The van der Waals surface area contributed by atoms with Crippen LogP contribution < -0.4 is 24.7 Å². The summed E-state index contributed by atoms with van der Waals surface area (Å²) in [5.74, 6) is 2.14. The molecule has 3 heterocycles.